The van der Waals surface area contributed by atoms with Gasteiger partial charge in [-0.15, -0.1) is 0 Å². The normalized spacial score (nSPS) is 16.7. The van der Waals surface area contributed by atoms with Crippen LogP contribution in [0.3, 0.4) is 0 Å². The maximum atomic E-state index is 12.9. The van der Waals surface area contributed by atoms with E-state index in [1.165, 1.54) is 24.8 Å². The van der Waals surface area contributed by atoms with Crippen LogP contribution in [0.15, 0.2) is 54.6 Å². The minimum absolute atomic E-state index is 0.0574. The van der Waals surface area contributed by atoms with Gasteiger partial charge in [-0.05, 0) is 50.6 Å². The third kappa shape index (κ3) is 3.99. The summed E-state index contributed by atoms with van der Waals surface area (Å²) < 4.78 is 0. The lowest BCUT2D eigenvalue weighted by atomic mass is 10.0. The number of rotatable bonds is 4. The number of nitrogens with one attached hydrogen (secondary N) is 1. The molecule has 1 atom stereocenters. The van der Waals surface area contributed by atoms with Gasteiger partial charge in [0.25, 0.3) is 0 Å². The first kappa shape index (κ1) is 15.8. The average Bonchev–Trinajstić information content (AvgIpc) is 2.59. The Bertz CT molecular complexity index is 630. The highest BCUT2D eigenvalue weighted by Crippen LogP contribution is 2.26. The van der Waals surface area contributed by atoms with Crippen molar-refractivity contribution in [2.45, 2.75) is 32.2 Å². The molecular weight excluding hydrogens is 284 g/mol. The number of benzene rings is 2. The number of carbonyl (C=O) groups excluding carboxylic acids is 1. The molecule has 0 aromatic heterocycles. The largest absolute Gasteiger partial charge is 0.324 e. The van der Waals surface area contributed by atoms with Gasteiger partial charge in [-0.3, -0.25) is 9.69 Å². The van der Waals surface area contributed by atoms with E-state index >= 15 is 0 Å². The molecule has 3 heteroatoms. The van der Waals surface area contributed by atoms with Crippen LogP contribution in [-0.4, -0.2) is 23.9 Å². The Morgan fingerprint density at radius 3 is 2.26 bits per heavy atom. The molecule has 1 aliphatic rings. The summed E-state index contributed by atoms with van der Waals surface area (Å²) in [6, 6.07) is 17.9. The minimum atomic E-state index is -0.210. The Morgan fingerprint density at radius 2 is 1.61 bits per heavy atom. The second-order valence-electron chi connectivity index (χ2n) is 6.27. The van der Waals surface area contributed by atoms with Crippen molar-refractivity contribution >= 4 is 11.6 Å². The fourth-order valence-corrected chi connectivity index (χ4v) is 3.19. The lowest BCUT2D eigenvalue weighted by Gasteiger charge is -2.33. The van der Waals surface area contributed by atoms with Crippen LogP contribution in [0.1, 0.15) is 36.4 Å². The standard InChI is InChI=1S/C20H24N2O/c1-16-10-12-18(13-11-16)21-20(23)19(17-8-4-2-5-9-17)22-14-6-3-7-15-22/h2,4-5,8-13,19H,3,6-7,14-15H2,1H3,(H,21,23)/t19-/m0/s1. The third-order valence-electron chi connectivity index (χ3n) is 4.44. The summed E-state index contributed by atoms with van der Waals surface area (Å²) in [6.45, 7) is 4.02. The maximum absolute atomic E-state index is 12.9. The fourth-order valence-electron chi connectivity index (χ4n) is 3.19. The molecular formula is C20H24N2O. The van der Waals surface area contributed by atoms with E-state index in [1.54, 1.807) is 0 Å². The second-order valence-corrected chi connectivity index (χ2v) is 6.27. The summed E-state index contributed by atoms with van der Waals surface area (Å²) in [4.78, 5) is 15.3. The van der Waals surface area contributed by atoms with Gasteiger partial charge in [0.1, 0.15) is 6.04 Å². The van der Waals surface area contributed by atoms with Crippen LogP contribution >= 0.6 is 0 Å². The summed E-state index contributed by atoms with van der Waals surface area (Å²) in [7, 11) is 0. The molecule has 3 rings (SSSR count). The van der Waals surface area contributed by atoms with E-state index in [0.29, 0.717) is 0 Å². The molecule has 1 aliphatic heterocycles. The van der Waals surface area contributed by atoms with Crippen molar-refractivity contribution in [3.63, 3.8) is 0 Å². The number of anilines is 1. The van der Waals surface area contributed by atoms with E-state index in [9.17, 15) is 4.79 Å². The van der Waals surface area contributed by atoms with E-state index in [2.05, 4.69) is 10.2 Å². The van der Waals surface area contributed by atoms with Crippen molar-refractivity contribution in [1.82, 2.24) is 4.90 Å². The van der Waals surface area contributed by atoms with Gasteiger partial charge in [0.2, 0.25) is 5.91 Å². The zero-order valence-corrected chi connectivity index (χ0v) is 13.7. The van der Waals surface area contributed by atoms with Gasteiger partial charge in [-0.1, -0.05) is 54.4 Å². The Hall–Kier alpha value is -2.13. The molecule has 3 nitrogen and oxygen atoms in total. The van der Waals surface area contributed by atoms with Crippen LogP contribution in [-0.2, 0) is 4.79 Å². The third-order valence-corrected chi connectivity index (χ3v) is 4.44. The number of likely N-dealkylation sites (tertiary alicyclic amines) is 1. The summed E-state index contributed by atoms with van der Waals surface area (Å²) >= 11 is 0. The van der Waals surface area contributed by atoms with Gasteiger partial charge in [-0.2, -0.15) is 0 Å². The Labute approximate surface area is 138 Å². The minimum Gasteiger partial charge on any atom is -0.324 e. The molecule has 23 heavy (non-hydrogen) atoms. The molecule has 2 aromatic rings. The first-order valence-corrected chi connectivity index (χ1v) is 8.40. The highest BCUT2D eigenvalue weighted by Gasteiger charge is 2.28. The molecule has 0 unspecified atom stereocenters. The van der Waals surface area contributed by atoms with E-state index in [1.807, 2.05) is 61.5 Å². The van der Waals surface area contributed by atoms with Crippen molar-refractivity contribution in [3.8, 4) is 0 Å². The smallest absolute Gasteiger partial charge is 0.246 e. The number of piperidine rings is 1. The molecule has 1 amide bonds. The average molecular weight is 308 g/mol. The topological polar surface area (TPSA) is 32.3 Å². The van der Waals surface area contributed by atoms with Gasteiger partial charge in [0.05, 0.1) is 0 Å². The van der Waals surface area contributed by atoms with Gasteiger partial charge < -0.3 is 5.32 Å². The van der Waals surface area contributed by atoms with Crippen LogP contribution in [0, 0.1) is 6.92 Å². The molecule has 1 N–H and O–H groups in total. The monoisotopic (exact) mass is 308 g/mol. The van der Waals surface area contributed by atoms with Crippen LogP contribution in [0.4, 0.5) is 5.69 Å². The molecule has 0 aliphatic carbocycles. The van der Waals surface area contributed by atoms with E-state index in [4.69, 9.17) is 0 Å². The molecule has 0 bridgehead atoms. The lowest BCUT2D eigenvalue weighted by Crippen LogP contribution is -2.40. The summed E-state index contributed by atoms with van der Waals surface area (Å²) in [5, 5.41) is 3.08. The SMILES string of the molecule is Cc1ccc(NC(=O)[C@H](c2ccccc2)N2CCCCC2)cc1. The zero-order valence-electron chi connectivity index (χ0n) is 13.7. The van der Waals surface area contributed by atoms with Crippen molar-refractivity contribution in [1.29, 1.82) is 0 Å². The van der Waals surface area contributed by atoms with Crippen LogP contribution in [0.2, 0.25) is 0 Å². The zero-order chi connectivity index (χ0) is 16.1. The van der Waals surface area contributed by atoms with E-state index in [0.717, 1.165) is 24.3 Å². The van der Waals surface area contributed by atoms with Gasteiger partial charge >= 0.3 is 0 Å². The number of hydrogen-bond donors (Lipinski definition) is 1. The van der Waals surface area contributed by atoms with Crippen LogP contribution in [0.5, 0.6) is 0 Å². The van der Waals surface area contributed by atoms with Crippen molar-refractivity contribution in [2.24, 2.45) is 0 Å². The molecule has 0 saturated carbocycles. The highest BCUT2D eigenvalue weighted by atomic mass is 16.2. The summed E-state index contributed by atoms with van der Waals surface area (Å²) in [5.74, 6) is 0.0574. The second kappa shape index (κ2) is 7.42. The van der Waals surface area contributed by atoms with E-state index < -0.39 is 0 Å². The number of nitrogens with zero attached hydrogens (tertiary/aromatic N) is 1. The number of hydrogen-bond acceptors (Lipinski definition) is 2. The highest BCUT2D eigenvalue weighted by molar-refractivity contribution is 5.95. The molecule has 0 spiro atoms. The van der Waals surface area contributed by atoms with Crippen LogP contribution < -0.4 is 5.32 Å². The summed E-state index contributed by atoms with van der Waals surface area (Å²) in [6.07, 6.45) is 3.60. The first-order valence-electron chi connectivity index (χ1n) is 8.40. The molecule has 2 aromatic carbocycles. The quantitative estimate of drug-likeness (QED) is 0.920. The Kier molecular flexibility index (Phi) is 5.09. The fraction of sp³-hybridized carbons (Fsp3) is 0.350. The molecule has 1 heterocycles. The molecule has 0 radical (unpaired) electrons. The predicted molar refractivity (Wildman–Crippen MR) is 94.4 cm³/mol. The lowest BCUT2D eigenvalue weighted by molar-refractivity contribution is -0.122. The number of carbonyl (C=O) groups is 1. The Balaban J connectivity index is 1.82. The van der Waals surface area contributed by atoms with Crippen molar-refractivity contribution < 1.29 is 4.79 Å². The molecule has 1 saturated heterocycles. The van der Waals surface area contributed by atoms with E-state index in [-0.39, 0.29) is 11.9 Å². The maximum Gasteiger partial charge on any atom is 0.246 e. The van der Waals surface area contributed by atoms with Crippen molar-refractivity contribution in [3.05, 3.63) is 65.7 Å². The molecule has 1 fully saturated rings. The van der Waals surface area contributed by atoms with Crippen molar-refractivity contribution in [2.75, 3.05) is 18.4 Å². The number of aryl methyl sites for hydroxylation is 1. The molecule has 120 valence electrons. The van der Waals surface area contributed by atoms with Gasteiger partial charge in [-0.25, -0.2) is 0 Å². The van der Waals surface area contributed by atoms with Gasteiger partial charge in [0, 0.05) is 5.69 Å². The summed E-state index contributed by atoms with van der Waals surface area (Å²) in [5.41, 5.74) is 3.12. The number of amides is 1. The van der Waals surface area contributed by atoms with Crippen LogP contribution in [0.25, 0.3) is 0 Å². The van der Waals surface area contributed by atoms with Gasteiger partial charge in [0.15, 0.2) is 0 Å². The Morgan fingerprint density at radius 1 is 0.957 bits per heavy atom. The first-order chi connectivity index (χ1) is 11.2. The predicted octanol–water partition coefficient (Wildman–Crippen LogP) is 4.16.